The molecule has 0 bridgehead atoms. The van der Waals surface area contributed by atoms with Gasteiger partial charge in [-0.1, -0.05) is 13.8 Å². The first kappa shape index (κ1) is 16.6. The van der Waals surface area contributed by atoms with E-state index in [1.165, 1.54) is 25.7 Å². The van der Waals surface area contributed by atoms with Gasteiger partial charge in [-0.25, -0.2) is 0 Å². The highest BCUT2D eigenvalue weighted by Crippen LogP contribution is 2.66. The molecule has 0 amide bonds. The molecular formula is C21H32O3. The van der Waals surface area contributed by atoms with Gasteiger partial charge in [0.15, 0.2) is 0 Å². The molecule has 4 rings (SSSR count). The van der Waals surface area contributed by atoms with Crippen molar-refractivity contribution in [3.8, 4) is 0 Å². The fraction of sp³-hybridized carbons (Fsp3) is 0.905. The molecule has 4 fully saturated rings. The number of rotatable bonds is 1. The summed E-state index contributed by atoms with van der Waals surface area (Å²) in [5, 5.41) is 0. The molecule has 0 radical (unpaired) electrons. The largest absolute Gasteiger partial charge is 0.462 e. The molecule has 7 atom stereocenters. The number of fused-ring (bicyclic) bond motifs is 5. The second-order valence-corrected chi connectivity index (χ2v) is 9.63. The van der Waals surface area contributed by atoms with E-state index in [2.05, 4.69) is 13.8 Å². The van der Waals surface area contributed by atoms with Crippen LogP contribution < -0.4 is 0 Å². The fourth-order valence-corrected chi connectivity index (χ4v) is 7.48. The Morgan fingerprint density at radius 3 is 2.50 bits per heavy atom. The number of Topliss-reactive ketones (excluding diaryl/α,β-unsaturated/α-hetero) is 1. The molecule has 0 aromatic rings. The maximum atomic E-state index is 12.2. The molecule has 0 spiro atoms. The molecule has 0 N–H and O–H groups in total. The lowest BCUT2D eigenvalue weighted by atomic mass is 9.45. The summed E-state index contributed by atoms with van der Waals surface area (Å²) in [5.41, 5.74) is 0.397. The molecule has 24 heavy (non-hydrogen) atoms. The molecule has 4 aliphatic carbocycles. The van der Waals surface area contributed by atoms with Crippen molar-refractivity contribution < 1.29 is 14.3 Å². The highest BCUT2D eigenvalue weighted by molar-refractivity contribution is 5.80. The Kier molecular flexibility index (Phi) is 3.85. The number of ether oxygens (including phenoxy) is 1. The second-order valence-electron chi connectivity index (χ2n) is 9.63. The van der Waals surface area contributed by atoms with Crippen molar-refractivity contribution in [3.05, 3.63) is 0 Å². The Labute approximate surface area is 145 Å². The van der Waals surface area contributed by atoms with Crippen molar-refractivity contribution in [1.29, 1.82) is 0 Å². The van der Waals surface area contributed by atoms with Gasteiger partial charge in [-0.05, 0) is 74.0 Å². The Hall–Kier alpha value is -0.860. The van der Waals surface area contributed by atoms with Gasteiger partial charge in [-0.15, -0.1) is 0 Å². The van der Waals surface area contributed by atoms with Crippen LogP contribution in [0.2, 0.25) is 0 Å². The molecule has 3 nitrogen and oxygen atoms in total. The van der Waals surface area contributed by atoms with Crippen LogP contribution in [0.1, 0.15) is 78.6 Å². The van der Waals surface area contributed by atoms with Crippen molar-refractivity contribution >= 4 is 11.8 Å². The van der Waals surface area contributed by atoms with Crippen LogP contribution in [0.3, 0.4) is 0 Å². The Bertz CT molecular complexity index is 555. The smallest absolute Gasteiger partial charge is 0.302 e. The van der Waals surface area contributed by atoms with Crippen LogP contribution >= 0.6 is 0 Å². The molecule has 4 saturated carbocycles. The zero-order valence-electron chi connectivity index (χ0n) is 15.5. The predicted molar refractivity (Wildman–Crippen MR) is 92.3 cm³/mol. The number of carbonyl (C=O) groups is 2. The lowest BCUT2D eigenvalue weighted by molar-refractivity contribution is -0.163. The Balaban J connectivity index is 1.60. The number of hydrogen-bond donors (Lipinski definition) is 0. The average Bonchev–Trinajstić information content (AvgIpc) is 2.82. The molecular weight excluding hydrogens is 300 g/mol. The van der Waals surface area contributed by atoms with E-state index in [0.29, 0.717) is 17.6 Å². The molecule has 7 unspecified atom stereocenters. The lowest BCUT2D eigenvalue weighted by Crippen LogP contribution is -2.54. The first-order valence-electron chi connectivity index (χ1n) is 10.0. The molecule has 0 aromatic heterocycles. The van der Waals surface area contributed by atoms with E-state index in [9.17, 15) is 9.59 Å². The summed E-state index contributed by atoms with van der Waals surface area (Å²) in [6.45, 7) is 6.34. The molecule has 4 aliphatic rings. The molecule has 0 aromatic carbocycles. The third kappa shape index (κ3) is 2.29. The van der Waals surface area contributed by atoms with E-state index in [-0.39, 0.29) is 22.9 Å². The molecule has 134 valence electrons. The SMILES string of the molecule is CC(=O)OC1CCC2C3CCC4CCC(=O)CC4(C)C3CCC12C. The van der Waals surface area contributed by atoms with E-state index >= 15 is 0 Å². The highest BCUT2D eigenvalue weighted by Gasteiger charge is 2.61. The van der Waals surface area contributed by atoms with Crippen LogP contribution in [0.5, 0.6) is 0 Å². The normalized spacial score (nSPS) is 50.6. The van der Waals surface area contributed by atoms with E-state index < -0.39 is 0 Å². The van der Waals surface area contributed by atoms with Gasteiger partial charge >= 0.3 is 5.97 Å². The monoisotopic (exact) mass is 332 g/mol. The van der Waals surface area contributed by atoms with Gasteiger partial charge in [-0.2, -0.15) is 0 Å². The van der Waals surface area contributed by atoms with E-state index in [4.69, 9.17) is 4.74 Å². The first-order valence-corrected chi connectivity index (χ1v) is 10.0. The topological polar surface area (TPSA) is 43.4 Å². The van der Waals surface area contributed by atoms with Crippen molar-refractivity contribution in [2.75, 3.05) is 0 Å². The zero-order chi connectivity index (χ0) is 17.1. The Morgan fingerprint density at radius 1 is 1.00 bits per heavy atom. The van der Waals surface area contributed by atoms with Gasteiger partial charge in [0, 0.05) is 25.2 Å². The summed E-state index contributed by atoms with van der Waals surface area (Å²) < 4.78 is 5.72. The number of hydrogen-bond acceptors (Lipinski definition) is 3. The summed E-state index contributed by atoms with van der Waals surface area (Å²) in [7, 11) is 0. The lowest BCUT2D eigenvalue weighted by Gasteiger charge is -2.59. The molecule has 0 heterocycles. The number of esters is 1. The van der Waals surface area contributed by atoms with E-state index in [1.807, 2.05) is 0 Å². The maximum Gasteiger partial charge on any atom is 0.302 e. The first-order chi connectivity index (χ1) is 11.3. The maximum absolute atomic E-state index is 12.2. The van der Waals surface area contributed by atoms with E-state index in [1.54, 1.807) is 6.92 Å². The van der Waals surface area contributed by atoms with Gasteiger partial charge in [0.25, 0.3) is 0 Å². The van der Waals surface area contributed by atoms with Gasteiger partial charge in [0.05, 0.1) is 0 Å². The third-order valence-electron chi connectivity index (χ3n) is 8.64. The van der Waals surface area contributed by atoms with Gasteiger partial charge in [0.1, 0.15) is 11.9 Å². The summed E-state index contributed by atoms with van der Waals surface area (Å²) >= 11 is 0. The Morgan fingerprint density at radius 2 is 1.75 bits per heavy atom. The van der Waals surface area contributed by atoms with Gasteiger partial charge in [-0.3, -0.25) is 9.59 Å². The van der Waals surface area contributed by atoms with Crippen LogP contribution in [0.25, 0.3) is 0 Å². The molecule has 3 heteroatoms. The van der Waals surface area contributed by atoms with Gasteiger partial charge < -0.3 is 4.74 Å². The van der Waals surface area contributed by atoms with Crippen molar-refractivity contribution in [2.45, 2.75) is 84.7 Å². The highest BCUT2D eigenvalue weighted by atomic mass is 16.5. The quantitative estimate of drug-likeness (QED) is 0.663. The summed E-state index contributed by atoms with van der Waals surface area (Å²) in [6, 6.07) is 0. The van der Waals surface area contributed by atoms with Gasteiger partial charge in [0.2, 0.25) is 0 Å². The molecule has 0 aliphatic heterocycles. The fourth-order valence-electron chi connectivity index (χ4n) is 7.48. The number of carbonyl (C=O) groups excluding carboxylic acids is 2. The summed E-state index contributed by atoms with van der Waals surface area (Å²) in [5.74, 6) is 3.23. The van der Waals surface area contributed by atoms with Crippen molar-refractivity contribution in [2.24, 2.45) is 34.5 Å². The number of ketones is 1. The standard InChI is InChI=1S/C21H32O3/c1-13(22)24-19-9-8-17-16-7-5-14-4-6-15(23)12-21(14,3)18(16)10-11-20(17,19)2/h14,16-19H,4-12H2,1-3H3. The van der Waals surface area contributed by atoms with Crippen molar-refractivity contribution in [1.82, 2.24) is 0 Å². The summed E-state index contributed by atoms with van der Waals surface area (Å²) in [6.07, 6.45) is 10.1. The van der Waals surface area contributed by atoms with Crippen LogP contribution in [-0.2, 0) is 14.3 Å². The average molecular weight is 332 g/mol. The van der Waals surface area contributed by atoms with Crippen molar-refractivity contribution in [3.63, 3.8) is 0 Å². The minimum atomic E-state index is -0.127. The van der Waals surface area contributed by atoms with Crippen LogP contribution in [0.15, 0.2) is 0 Å². The van der Waals surface area contributed by atoms with Crippen LogP contribution in [0, 0.1) is 34.5 Å². The van der Waals surface area contributed by atoms with Crippen LogP contribution in [-0.4, -0.2) is 17.9 Å². The predicted octanol–water partition coefficient (Wildman–Crippen LogP) is 4.53. The second kappa shape index (κ2) is 5.57. The van der Waals surface area contributed by atoms with E-state index in [0.717, 1.165) is 43.9 Å². The van der Waals surface area contributed by atoms with Crippen LogP contribution in [0.4, 0.5) is 0 Å². The zero-order valence-corrected chi connectivity index (χ0v) is 15.5. The third-order valence-corrected chi connectivity index (χ3v) is 8.64. The minimum Gasteiger partial charge on any atom is -0.462 e. The minimum absolute atomic E-state index is 0.111. The summed E-state index contributed by atoms with van der Waals surface area (Å²) in [4.78, 5) is 23.7. The molecule has 0 saturated heterocycles.